The van der Waals surface area contributed by atoms with E-state index < -0.39 is 0 Å². The Morgan fingerprint density at radius 2 is 1.95 bits per heavy atom. The van der Waals surface area contributed by atoms with Crippen molar-refractivity contribution < 1.29 is 9.90 Å². The SMILES string of the molecule is CCCCCC(C)NC(=O)CN(C)CCCCCO. The summed E-state index contributed by atoms with van der Waals surface area (Å²) in [5, 5.41) is 11.7. The van der Waals surface area contributed by atoms with Gasteiger partial charge in [0.05, 0.1) is 6.54 Å². The summed E-state index contributed by atoms with van der Waals surface area (Å²) in [6, 6.07) is 0.279. The highest BCUT2D eigenvalue weighted by molar-refractivity contribution is 5.78. The van der Waals surface area contributed by atoms with Crippen LogP contribution in [0.3, 0.4) is 0 Å². The summed E-state index contributed by atoms with van der Waals surface area (Å²) >= 11 is 0. The van der Waals surface area contributed by atoms with Gasteiger partial charge >= 0.3 is 0 Å². The molecule has 0 saturated heterocycles. The average Bonchev–Trinajstić information content (AvgIpc) is 2.34. The Bertz CT molecular complexity index is 222. The Kier molecular flexibility index (Phi) is 12.0. The van der Waals surface area contributed by atoms with E-state index in [1.807, 2.05) is 11.9 Å². The van der Waals surface area contributed by atoms with Crippen molar-refractivity contribution in [2.24, 2.45) is 0 Å². The molecule has 2 N–H and O–H groups in total. The first-order valence-electron chi connectivity index (χ1n) is 7.68. The molecule has 1 unspecified atom stereocenters. The molecule has 0 aromatic heterocycles. The van der Waals surface area contributed by atoms with Crippen LogP contribution in [0.25, 0.3) is 0 Å². The van der Waals surface area contributed by atoms with Gasteiger partial charge in [-0.3, -0.25) is 9.69 Å². The van der Waals surface area contributed by atoms with Crippen molar-refractivity contribution in [1.82, 2.24) is 10.2 Å². The van der Waals surface area contributed by atoms with E-state index in [0.29, 0.717) is 6.54 Å². The molecule has 4 nitrogen and oxygen atoms in total. The number of nitrogens with one attached hydrogen (secondary N) is 1. The Balaban J connectivity index is 3.60. The third-order valence-corrected chi connectivity index (χ3v) is 3.26. The van der Waals surface area contributed by atoms with Gasteiger partial charge in [-0.05, 0) is 46.2 Å². The second-order valence-electron chi connectivity index (χ2n) is 5.49. The summed E-state index contributed by atoms with van der Waals surface area (Å²) in [4.78, 5) is 13.8. The molecule has 0 aromatic rings. The minimum atomic E-state index is 0.119. The van der Waals surface area contributed by atoms with E-state index in [2.05, 4.69) is 19.2 Å². The fourth-order valence-electron chi connectivity index (χ4n) is 2.09. The number of amides is 1. The van der Waals surface area contributed by atoms with Gasteiger partial charge in [0.15, 0.2) is 0 Å². The Morgan fingerprint density at radius 1 is 1.21 bits per heavy atom. The molecule has 0 aliphatic rings. The molecular formula is C15H32N2O2. The normalized spacial score (nSPS) is 12.7. The number of hydrogen-bond acceptors (Lipinski definition) is 3. The van der Waals surface area contributed by atoms with Crippen molar-refractivity contribution in [1.29, 1.82) is 0 Å². The van der Waals surface area contributed by atoms with Crippen molar-refractivity contribution in [2.45, 2.75) is 64.8 Å². The van der Waals surface area contributed by atoms with Crippen LogP contribution in [0.4, 0.5) is 0 Å². The van der Waals surface area contributed by atoms with Crippen LogP contribution in [-0.4, -0.2) is 48.7 Å². The highest BCUT2D eigenvalue weighted by Gasteiger charge is 2.09. The third-order valence-electron chi connectivity index (χ3n) is 3.26. The summed E-state index contributed by atoms with van der Waals surface area (Å²) in [5.74, 6) is 0.119. The van der Waals surface area contributed by atoms with Crippen LogP contribution in [0.5, 0.6) is 0 Å². The number of likely N-dealkylation sites (N-methyl/N-ethyl adjacent to an activating group) is 1. The smallest absolute Gasteiger partial charge is 0.234 e. The number of aliphatic hydroxyl groups excluding tert-OH is 1. The van der Waals surface area contributed by atoms with Crippen LogP contribution in [0.15, 0.2) is 0 Å². The van der Waals surface area contributed by atoms with E-state index in [1.54, 1.807) is 0 Å². The molecule has 19 heavy (non-hydrogen) atoms. The summed E-state index contributed by atoms with van der Waals surface area (Å²) in [6.07, 6.45) is 7.64. The lowest BCUT2D eigenvalue weighted by molar-refractivity contribution is -0.122. The number of hydrogen-bond donors (Lipinski definition) is 2. The lowest BCUT2D eigenvalue weighted by atomic mass is 10.1. The van der Waals surface area contributed by atoms with Crippen molar-refractivity contribution in [3.8, 4) is 0 Å². The number of rotatable bonds is 12. The van der Waals surface area contributed by atoms with Gasteiger partial charge in [-0.1, -0.05) is 26.2 Å². The molecule has 0 bridgehead atoms. The summed E-state index contributed by atoms with van der Waals surface area (Å²) < 4.78 is 0. The van der Waals surface area contributed by atoms with Gasteiger partial charge in [-0.15, -0.1) is 0 Å². The molecule has 1 atom stereocenters. The highest BCUT2D eigenvalue weighted by atomic mass is 16.2. The lowest BCUT2D eigenvalue weighted by Gasteiger charge is -2.18. The number of carbonyl (C=O) groups is 1. The zero-order valence-electron chi connectivity index (χ0n) is 13.0. The van der Waals surface area contributed by atoms with E-state index in [4.69, 9.17) is 5.11 Å². The molecule has 0 aliphatic heterocycles. The molecule has 0 rings (SSSR count). The van der Waals surface area contributed by atoms with Crippen molar-refractivity contribution in [2.75, 3.05) is 26.7 Å². The van der Waals surface area contributed by atoms with Crippen LogP contribution in [-0.2, 0) is 4.79 Å². The van der Waals surface area contributed by atoms with Crippen molar-refractivity contribution in [3.63, 3.8) is 0 Å². The molecule has 0 radical (unpaired) electrons. The second kappa shape index (κ2) is 12.4. The molecule has 0 spiro atoms. The maximum atomic E-state index is 11.8. The van der Waals surface area contributed by atoms with Gasteiger partial charge < -0.3 is 10.4 Å². The van der Waals surface area contributed by atoms with E-state index in [9.17, 15) is 4.79 Å². The number of nitrogens with zero attached hydrogens (tertiary/aromatic N) is 1. The first kappa shape index (κ1) is 18.4. The number of unbranched alkanes of at least 4 members (excludes halogenated alkanes) is 4. The second-order valence-corrected chi connectivity index (χ2v) is 5.49. The molecular weight excluding hydrogens is 240 g/mol. The fraction of sp³-hybridized carbons (Fsp3) is 0.933. The summed E-state index contributed by atoms with van der Waals surface area (Å²) in [5.41, 5.74) is 0. The van der Waals surface area contributed by atoms with E-state index in [1.165, 1.54) is 19.3 Å². The standard InChI is InChI=1S/C15H32N2O2/c1-4-5-7-10-14(2)16-15(19)13-17(3)11-8-6-9-12-18/h14,18H,4-13H2,1-3H3,(H,16,19). The Morgan fingerprint density at radius 3 is 2.58 bits per heavy atom. The molecule has 0 heterocycles. The number of carbonyl (C=O) groups excluding carboxylic acids is 1. The van der Waals surface area contributed by atoms with Crippen LogP contribution in [0.1, 0.15) is 58.8 Å². The number of aliphatic hydroxyl groups is 1. The monoisotopic (exact) mass is 272 g/mol. The zero-order valence-corrected chi connectivity index (χ0v) is 13.0. The first-order valence-corrected chi connectivity index (χ1v) is 7.68. The van der Waals surface area contributed by atoms with Gasteiger partial charge in [-0.2, -0.15) is 0 Å². The van der Waals surface area contributed by atoms with Gasteiger partial charge in [0.2, 0.25) is 5.91 Å². The molecule has 0 aliphatic carbocycles. The Hall–Kier alpha value is -0.610. The predicted octanol–water partition coefficient (Wildman–Crippen LogP) is 2.17. The molecule has 0 aromatic carbocycles. The largest absolute Gasteiger partial charge is 0.396 e. The van der Waals surface area contributed by atoms with Gasteiger partial charge in [0, 0.05) is 12.6 Å². The van der Waals surface area contributed by atoms with Crippen molar-refractivity contribution >= 4 is 5.91 Å². The lowest BCUT2D eigenvalue weighted by Crippen LogP contribution is -2.40. The van der Waals surface area contributed by atoms with Gasteiger partial charge in [0.1, 0.15) is 0 Å². The first-order chi connectivity index (χ1) is 9.10. The van der Waals surface area contributed by atoms with Gasteiger partial charge in [0.25, 0.3) is 0 Å². The van der Waals surface area contributed by atoms with Gasteiger partial charge in [-0.25, -0.2) is 0 Å². The van der Waals surface area contributed by atoms with E-state index in [-0.39, 0.29) is 18.6 Å². The zero-order chi connectivity index (χ0) is 14.5. The molecule has 114 valence electrons. The Labute approximate surface area is 118 Å². The van der Waals surface area contributed by atoms with E-state index in [0.717, 1.165) is 32.2 Å². The summed E-state index contributed by atoms with van der Waals surface area (Å²) in [6.45, 7) is 5.91. The molecule has 0 fully saturated rings. The van der Waals surface area contributed by atoms with Crippen LogP contribution in [0.2, 0.25) is 0 Å². The molecule has 4 heteroatoms. The van der Waals surface area contributed by atoms with E-state index >= 15 is 0 Å². The predicted molar refractivity (Wildman–Crippen MR) is 80.2 cm³/mol. The quantitative estimate of drug-likeness (QED) is 0.535. The molecule has 1 amide bonds. The topological polar surface area (TPSA) is 52.6 Å². The highest BCUT2D eigenvalue weighted by Crippen LogP contribution is 2.03. The maximum Gasteiger partial charge on any atom is 0.234 e. The fourth-order valence-corrected chi connectivity index (χ4v) is 2.09. The minimum Gasteiger partial charge on any atom is -0.396 e. The molecule has 0 saturated carbocycles. The summed E-state index contributed by atoms with van der Waals surface area (Å²) in [7, 11) is 1.97. The van der Waals surface area contributed by atoms with Crippen molar-refractivity contribution in [3.05, 3.63) is 0 Å². The maximum absolute atomic E-state index is 11.8. The minimum absolute atomic E-state index is 0.119. The van der Waals surface area contributed by atoms with Crippen LogP contribution >= 0.6 is 0 Å². The van der Waals surface area contributed by atoms with Crippen LogP contribution in [0, 0.1) is 0 Å². The average molecular weight is 272 g/mol. The third kappa shape index (κ3) is 12.2. The van der Waals surface area contributed by atoms with Crippen LogP contribution < -0.4 is 5.32 Å².